The van der Waals surface area contributed by atoms with Gasteiger partial charge in [-0.05, 0) is 70.5 Å². The molecule has 0 bridgehead atoms. The average Bonchev–Trinajstić information content (AvgIpc) is 3.49. The van der Waals surface area contributed by atoms with Crippen molar-refractivity contribution in [2.24, 2.45) is 11.7 Å². The van der Waals surface area contributed by atoms with E-state index in [1.165, 1.54) is 9.80 Å². The second kappa shape index (κ2) is 19.4. The summed E-state index contributed by atoms with van der Waals surface area (Å²) < 4.78 is 0. The molecule has 4 amide bonds. The molecule has 0 spiro atoms. The van der Waals surface area contributed by atoms with Crippen LogP contribution in [0.2, 0.25) is 0 Å². The lowest BCUT2D eigenvalue weighted by atomic mass is 10.0. The number of benzene rings is 1. The number of nitrogens with two attached hydrogens (primary N) is 1. The average molecular weight is 643 g/mol. The predicted octanol–water partition coefficient (Wildman–Crippen LogP) is 2.77. The van der Waals surface area contributed by atoms with Gasteiger partial charge < -0.3 is 25.3 Å². The number of nitrogens with zero attached hydrogens (tertiary/aromatic N) is 5. The van der Waals surface area contributed by atoms with Gasteiger partial charge in [-0.25, -0.2) is 0 Å². The molecule has 3 rings (SSSR count). The molecule has 0 aliphatic carbocycles. The summed E-state index contributed by atoms with van der Waals surface area (Å²) in [4.78, 5) is 76.2. The van der Waals surface area contributed by atoms with Gasteiger partial charge in [-0.2, -0.15) is 0 Å². The number of rotatable bonds is 8. The molecule has 11 heteroatoms. The Morgan fingerprint density at radius 2 is 1.46 bits per heavy atom. The number of hydrogen-bond acceptors (Lipinski definition) is 7. The van der Waals surface area contributed by atoms with Gasteiger partial charge in [0.05, 0.1) is 25.7 Å². The predicted molar refractivity (Wildman–Crippen MR) is 181 cm³/mol. The van der Waals surface area contributed by atoms with E-state index in [-0.39, 0.29) is 81.5 Å². The summed E-state index contributed by atoms with van der Waals surface area (Å²) in [5, 5.41) is 0. The van der Waals surface area contributed by atoms with Crippen LogP contribution < -0.4 is 5.73 Å². The number of hydrogen-bond donors (Lipinski definition) is 1. The van der Waals surface area contributed by atoms with Crippen molar-refractivity contribution in [1.29, 1.82) is 0 Å². The van der Waals surface area contributed by atoms with Crippen molar-refractivity contribution in [2.75, 3.05) is 58.9 Å². The lowest BCUT2D eigenvalue weighted by Gasteiger charge is -2.33. The Balaban J connectivity index is 0.00000736. The number of amides is 4. The number of Topliss-reactive ketones (excluding diaryl/α,β-unsaturated/α-hetero) is 1. The minimum absolute atomic E-state index is 0. The fourth-order valence-electron chi connectivity index (χ4n) is 6.13. The maximum absolute atomic E-state index is 13.8. The Kier molecular flexibility index (Phi) is 16.4. The van der Waals surface area contributed by atoms with Gasteiger partial charge in [0.15, 0.2) is 5.78 Å². The molecule has 2 N–H and O–H groups in total. The van der Waals surface area contributed by atoms with Gasteiger partial charge in [-0.15, -0.1) is 0 Å². The van der Waals surface area contributed by atoms with Crippen LogP contribution in [0.1, 0.15) is 79.2 Å². The zero-order chi connectivity index (χ0) is 32.9. The normalized spacial score (nSPS) is 20.6. The van der Waals surface area contributed by atoms with Crippen molar-refractivity contribution in [3.63, 3.8) is 0 Å². The summed E-state index contributed by atoms with van der Waals surface area (Å²) in [7, 11) is 0. The molecule has 2 aliphatic rings. The van der Waals surface area contributed by atoms with E-state index in [0.29, 0.717) is 58.4 Å². The molecule has 0 radical (unpaired) electrons. The van der Waals surface area contributed by atoms with Gasteiger partial charge >= 0.3 is 0 Å². The molecule has 2 aliphatic heterocycles. The van der Waals surface area contributed by atoms with E-state index in [1.807, 2.05) is 58.0 Å². The Hall–Kier alpha value is -3.31. The summed E-state index contributed by atoms with van der Waals surface area (Å²) in [6.45, 7) is 10.0. The van der Waals surface area contributed by atoms with Gasteiger partial charge in [-0.3, -0.25) is 28.9 Å². The summed E-state index contributed by atoms with van der Waals surface area (Å²) >= 11 is 0. The second-order valence-electron chi connectivity index (χ2n) is 13.1. The fraction of sp³-hybridized carbons (Fsp3) is 0.686. The van der Waals surface area contributed by atoms with Gasteiger partial charge in [0.1, 0.15) is 6.54 Å². The van der Waals surface area contributed by atoms with Crippen LogP contribution in [0.4, 0.5) is 0 Å². The van der Waals surface area contributed by atoms with Crippen LogP contribution in [0.5, 0.6) is 0 Å². The molecule has 0 saturated carbocycles. The lowest BCUT2D eigenvalue weighted by Crippen LogP contribution is -2.53. The van der Waals surface area contributed by atoms with E-state index in [2.05, 4.69) is 4.90 Å². The van der Waals surface area contributed by atoms with Crippen LogP contribution in [0, 0.1) is 5.92 Å². The highest BCUT2D eigenvalue weighted by molar-refractivity contribution is 5.93. The topological polar surface area (TPSA) is 128 Å². The second-order valence-corrected chi connectivity index (χ2v) is 13.1. The van der Waals surface area contributed by atoms with E-state index in [4.69, 9.17) is 5.73 Å². The molecule has 2 fully saturated rings. The van der Waals surface area contributed by atoms with Crippen LogP contribution in [-0.4, -0.2) is 125 Å². The van der Waals surface area contributed by atoms with E-state index in [0.717, 1.165) is 18.4 Å². The van der Waals surface area contributed by atoms with E-state index >= 15 is 0 Å². The van der Waals surface area contributed by atoms with Gasteiger partial charge in [0.2, 0.25) is 23.6 Å². The fourth-order valence-corrected chi connectivity index (χ4v) is 6.13. The summed E-state index contributed by atoms with van der Waals surface area (Å²) in [6, 6.07) is 9.18. The lowest BCUT2D eigenvalue weighted by molar-refractivity contribution is -0.148. The summed E-state index contributed by atoms with van der Waals surface area (Å²) in [5.41, 5.74) is 6.85. The first-order valence-electron chi connectivity index (χ1n) is 16.6. The molecular formula is C35H58N6O5. The highest BCUT2D eigenvalue weighted by Crippen LogP contribution is 2.21. The monoisotopic (exact) mass is 642 g/mol. The van der Waals surface area contributed by atoms with Crippen molar-refractivity contribution in [3.05, 3.63) is 35.9 Å². The van der Waals surface area contributed by atoms with Crippen molar-refractivity contribution >= 4 is 29.4 Å². The quantitative estimate of drug-likeness (QED) is 0.462. The molecule has 1 atom stereocenters. The summed E-state index contributed by atoms with van der Waals surface area (Å²) in [6.07, 6.45) is 3.61. The minimum Gasteiger partial charge on any atom is -0.332 e. The van der Waals surface area contributed by atoms with E-state index < -0.39 is 6.04 Å². The third kappa shape index (κ3) is 11.8. The number of carbonyl (C=O) groups excluding carboxylic acids is 5. The van der Waals surface area contributed by atoms with Crippen LogP contribution in [0.15, 0.2) is 30.3 Å². The summed E-state index contributed by atoms with van der Waals surface area (Å²) in [5.74, 6) is -0.879. The number of ketones is 1. The largest absolute Gasteiger partial charge is 0.332 e. The zero-order valence-corrected chi connectivity index (χ0v) is 27.8. The Labute approximate surface area is 276 Å². The standard InChI is InChI=1S/C34H54N6O5.CH4/c1-26(2)20-38-23-32(43)37(18-11-16-35)24-33(44)40(27(3)4)25-34(45)39-19-10-14-29(39)30(41)15-8-9-17-36(22-31(38)42)21-28-12-6-5-7-13-28;/h5-7,12-13,26-27,29H,8-11,14-25,35H2,1-4H3;1H4. The first-order valence-corrected chi connectivity index (χ1v) is 16.6. The zero-order valence-electron chi connectivity index (χ0n) is 27.8. The van der Waals surface area contributed by atoms with Crippen LogP contribution in [0.25, 0.3) is 0 Å². The van der Waals surface area contributed by atoms with Gasteiger partial charge in [0.25, 0.3) is 0 Å². The molecule has 11 nitrogen and oxygen atoms in total. The molecular weight excluding hydrogens is 584 g/mol. The minimum atomic E-state index is -0.474. The molecule has 1 aromatic rings. The van der Waals surface area contributed by atoms with Crippen molar-refractivity contribution < 1.29 is 24.0 Å². The molecule has 2 heterocycles. The molecule has 2 saturated heterocycles. The van der Waals surface area contributed by atoms with Crippen LogP contribution in [-0.2, 0) is 30.5 Å². The van der Waals surface area contributed by atoms with Gasteiger partial charge in [0, 0.05) is 38.6 Å². The van der Waals surface area contributed by atoms with E-state index in [9.17, 15) is 24.0 Å². The first kappa shape index (κ1) is 38.9. The number of fused-ring (bicyclic) bond motifs is 1. The van der Waals surface area contributed by atoms with Crippen molar-refractivity contribution in [3.8, 4) is 0 Å². The Morgan fingerprint density at radius 3 is 2.11 bits per heavy atom. The third-order valence-corrected chi connectivity index (χ3v) is 8.52. The third-order valence-electron chi connectivity index (χ3n) is 8.52. The van der Waals surface area contributed by atoms with Crippen LogP contribution >= 0.6 is 0 Å². The smallest absolute Gasteiger partial charge is 0.242 e. The molecule has 1 aromatic carbocycles. The maximum atomic E-state index is 13.8. The SMILES string of the molecule is C.CC(C)CN1CC(=O)N(CCCN)CC(=O)N(C(C)C)CC(=O)N2CCCC2C(=O)CCCCN(Cc2ccccc2)CC1=O. The van der Waals surface area contributed by atoms with Crippen molar-refractivity contribution in [1.82, 2.24) is 24.5 Å². The molecule has 46 heavy (non-hydrogen) atoms. The van der Waals surface area contributed by atoms with Crippen LogP contribution in [0.3, 0.4) is 0 Å². The Morgan fingerprint density at radius 1 is 0.783 bits per heavy atom. The molecule has 258 valence electrons. The maximum Gasteiger partial charge on any atom is 0.242 e. The van der Waals surface area contributed by atoms with Crippen molar-refractivity contribution in [2.45, 2.75) is 92.3 Å². The molecule has 0 aromatic heterocycles. The number of carbonyl (C=O) groups is 5. The highest BCUT2D eigenvalue weighted by Gasteiger charge is 2.35. The Bertz CT molecular complexity index is 1140. The highest BCUT2D eigenvalue weighted by atomic mass is 16.2. The van der Waals surface area contributed by atoms with E-state index in [1.54, 1.807) is 9.80 Å². The molecule has 1 unspecified atom stereocenters. The first-order chi connectivity index (χ1) is 21.5. The van der Waals surface area contributed by atoms with Gasteiger partial charge in [-0.1, -0.05) is 51.6 Å².